The van der Waals surface area contributed by atoms with Crippen LogP contribution in [0.25, 0.3) is 6.08 Å². The number of hydrogen-bond acceptors (Lipinski definition) is 13. The van der Waals surface area contributed by atoms with Gasteiger partial charge in [-0.25, -0.2) is 27.6 Å². The van der Waals surface area contributed by atoms with Crippen molar-refractivity contribution in [3.05, 3.63) is 101 Å². The van der Waals surface area contributed by atoms with E-state index in [9.17, 15) is 28.0 Å². The van der Waals surface area contributed by atoms with Crippen LogP contribution in [0, 0.1) is 34.7 Å². The maximum absolute atomic E-state index is 15.6. The second kappa shape index (κ2) is 19.2. The van der Waals surface area contributed by atoms with Crippen LogP contribution in [0.5, 0.6) is 0 Å². The number of likely N-dealkylation sites (tertiary alicyclic amines) is 1. The molecule has 2 fully saturated rings. The lowest BCUT2D eigenvalue weighted by molar-refractivity contribution is -0.159. The first kappa shape index (κ1) is 41.5. The number of esters is 1. The highest BCUT2D eigenvalue weighted by atomic mass is 32.2. The summed E-state index contributed by atoms with van der Waals surface area (Å²) in [5.41, 5.74) is -1.66. The second-order valence-electron chi connectivity index (χ2n) is 12.6. The number of carboxylic acids is 1. The molecule has 2 atom stereocenters. The molecular formula is C37H36F3N5O10S. The molecule has 3 heterocycles. The van der Waals surface area contributed by atoms with E-state index in [1.807, 2.05) is 6.07 Å². The molecule has 1 aromatic heterocycles. The van der Waals surface area contributed by atoms with Crippen LogP contribution >= 0.6 is 11.8 Å². The van der Waals surface area contributed by atoms with Crippen LogP contribution < -0.4 is 0 Å². The summed E-state index contributed by atoms with van der Waals surface area (Å²) in [4.78, 5) is 53.9. The first-order valence-electron chi connectivity index (χ1n) is 17.1. The van der Waals surface area contributed by atoms with Gasteiger partial charge >= 0.3 is 18.1 Å². The zero-order chi connectivity index (χ0) is 40.2. The molecule has 0 bridgehead atoms. The zero-order valence-electron chi connectivity index (χ0n) is 29.8. The Morgan fingerprint density at radius 1 is 1.07 bits per heavy atom. The Balaban J connectivity index is 1.21. The van der Waals surface area contributed by atoms with Crippen LogP contribution in [0.4, 0.5) is 18.0 Å². The number of ether oxygens (including phenoxy) is 5. The first-order valence-corrected chi connectivity index (χ1v) is 18.0. The van der Waals surface area contributed by atoms with Crippen LogP contribution in [0.15, 0.2) is 67.3 Å². The summed E-state index contributed by atoms with van der Waals surface area (Å²) in [5.74, 6) is -5.44. The molecule has 1 N–H and O–H groups in total. The molecule has 5 rings (SSSR count). The largest absolute Gasteiger partial charge is 0.512 e. The van der Waals surface area contributed by atoms with Crippen molar-refractivity contribution in [2.45, 2.75) is 48.7 Å². The number of halogens is 3. The minimum atomic E-state index is -1.93. The molecule has 56 heavy (non-hydrogen) atoms. The topological polar surface area (TPSA) is 192 Å². The number of carbonyl (C=O) groups excluding carboxylic acids is 3. The lowest BCUT2D eigenvalue weighted by Crippen LogP contribution is -2.53. The van der Waals surface area contributed by atoms with Gasteiger partial charge in [-0.2, -0.15) is 10.4 Å². The number of amides is 1. The van der Waals surface area contributed by atoms with Gasteiger partial charge in [0.25, 0.3) is 0 Å². The molecule has 2 aromatic carbocycles. The van der Waals surface area contributed by atoms with E-state index < -0.39 is 71.3 Å². The van der Waals surface area contributed by atoms with Crippen molar-refractivity contribution < 1.29 is 61.1 Å². The standard InChI is InChI=1S/C37H36F3N5O10S/c1-23(56-28-17-51-34(52-18-28)5-3-2-4-25-7-6-24(14-41)12-30(25)39)37(19-45-21-42-20-43-45,29-9-8-27(38)13-31(29)40)55-36(50)54-22-53-33(47)11-10-32(46)44-15-26(16-44)35(48)49/h2-9,12-13,20-21,23,26,28,34H,10-11,15-19,22H2,1H3,(H,48,49)/b4-2+,5-3+/t23-,28?,34?,37-/m1/s1. The molecule has 296 valence electrons. The maximum atomic E-state index is 15.6. The zero-order valence-corrected chi connectivity index (χ0v) is 30.6. The third-order valence-electron chi connectivity index (χ3n) is 8.77. The molecule has 3 aromatic rings. The molecule has 0 saturated carbocycles. The molecule has 19 heteroatoms. The number of nitrogens with zero attached hydrogens (tertiary/aromatic N) is 5. The van der Waals surface area contributed by atoms with Crippen LogP contribution in [-0.2, 0) is 50.2 Å². The predicted molar refractivity (Wildman–Crippen MR) is 189 cm³/mol. The summed E-state index contributed by atoms with van der Waals surface area (Å²) < 4.78 is 72.7. The Hall–Kier alpha value is -5.71. The average Bonchev–Trinajstić information content (AvgIpc) is 3.65. The van der Waals surface area contributed by atoms with Crippen molar-refractivity contribution >= 4 is 41.8 Å². The first-order chi connectivity index (χ1) is 26.9. The monoisotopic (exact) mass is 799 g/mol. The van der Waals surface area contributed by atoms with Gasteiger partial charge in [-0.1, -0.05) is 24.3 Å². The van der Waals surface area contributed by atoms with Gasteiger partial charge in [0.1, 0.15) is 30.1 Å². The van der Waals surface area contributed by atoms with E-state index in [1.54, 1.807) is 25.2 Å². The number of carbonyl (C=O) groups is 4. The fraction of sp³-hybridized carbons (Fsp3) is 0.378. The third kappa shape index (κ3) is 11.0. The molecule has 2 saturated heterocycles. The van der Waals surface area contributed by atoms with Gasteiger partial charge in [0.2, 0.25) is 12.7 Å². The number of nitriles is 1. The summed E-state index contributed by atoms with van der Waals surface area (Å²) >= 11 is 1.22. The fourth-order valence-corrected chi connectivity index (χ4v) is 7.09. The maximum Gasteiger partial charge on any atom is 0.512 e. The number of rotatable bonds is 16. The smallest absolute Gasteiger partial charge is 0.481 e. The lowest BCUT2D eigenvalue weighted by Gasteiger charge is -2.40. The van der Waals surface area contributed by atoms with Gasteiger partial charge in [0.05, 0.1) is 49.0 Å². The van der Waals surface area contributed by atoms with Crippen LogP contribution in [0.2, 0.25) is 0 Å². The fourth-order valence-electron chi connectivity index (χ4n) is 5.72. The lowest BCUT2D eigenvalue weighted by atomic mass is 9.89. The SMILES string of the molecule is C[C@@H](SC1COC(/C=C/C=C/c2ccc(C#N)cc2F)OC1)[C@@](Cn1cncn1)(OC(=O)OCOC(=O)CCC(=O)N1CC(C(=O)O)C1)c1ccc(F)cc1F. The number of benzene rings is 2. The van der Waals surface area contributed by atoms with Crippen molar-refractivity contribution in [3.63, 3.8) is 0 Å². The Morgan fingerprint density at radius 2 is 1.84 bits per heavy atom. The molecule has 2 aliphatic heterocycles. The molecule has 0 spiro atoms. The van der Waals surface area contributed by atoms with E-state index in [4.69, 9.17) is 34.1 Å². The Labute approximate surface area is 322 Å². The van der Waals surface area contributed by atoms with Gasteiger partial charge in [0, 0.05) is 42.0 Å². The average molecular weight is 800 g/mol. The minimum absolute atomic E-state index is 0.0450. The number of hydrogen-bond donors (Lipinski definition) is 1. The molecule has 0 unspecified atom stereocenters. The van der Waals surface area contributed by atoms with Crippen LogP contribution in [0.1, 0.15) is 36.5 Å². The van der Waals surface area contributed by atoms with Crippen molar-refractivity contribution in [2.24, 2.45) is 5.92 Å². The highest BCUT2D eigenvalue weighted by Gasteiger charge is 2.47. The summed E-state index contributed by atoms with van der Waals surface area (Å²) in [6, 6.07) is 8.76. The van der Waals surface area contributed by atoms with Gasteiger partial charge in [-0.15, -0.1) is 11.8 Å². The van der Waals surface area contributed by atoms with E-state index >= 15 is 4.39 Å². The molecule has 0 aliphatic carbocycles. The van der Waals surface area contributed by atoms with Crippen molar-refractivity contribution in [2.75, 3.05) is 33.1 Å². The van der Waals surface area contributed by atoms with Crippen molar-refractivity contribution in [1.82, 2.24) is 19.7 Å². The van der Waals surface area contributed by atoms with Gasteiger partial charge < -0.3 is 33.7 Å². The van der Waals surface area contributed by atoms with E-state index in [-0.39, 0.29) is 67.6 Å². The summed E-state index contributed by atoms with van der Waals surface area (Å²) in [6.45, 7) is 0.789. The molecule has 15 nitrogen and oxygen atoms in total. The van der Waals surface area contributed by atoms with E-state index in [0.717, 1.165) is 18.2 Å². The van der Waals surface area contributed by atoms with E-state index in [0.29, 0.717) is 6.07 Å². The number of thioether (sulfide) groups is 1. The van der Waals surface area contributed by atoms with Gasteiger partial charge in [0.15, 0.2) is 11.9 Å². The van der Waals surface area contributed by atoms with Crippen LogP contribution in [0.3, 0.4) is 0 Å². The number of carboxylic acid groups (broad SMARTS) is 1. The molecule has 1 amide bonds. The minimum Gasteiger partial charge on any atom is -0.481 e. The third-order valence-corrected chi connectivity index (χ3v) is 10.2. The number of aliphatic carboxylic acids is 1. The number of aromatic nitrogens is 3. The molecule has 2 aliphatic rings. The van der Waals surface area contributed by atoms with E-state index in [1.165, 1.54) is 52.2 Å². The summed E-state index contributed by atoms with van der Waals surface area (Å²) in [7, 11) is 0. The Morgan fingerprint density at radius 3 is 2.50 bits per heavy atom. The highest BCUT2D eigenvalue weighted by Crippen LogP contribution is 2.42. The van der Waals surface area contributed by atoms with Crippen molar-refractivity contribution in [1.29, 1.82) is 5.26 Å². The quantitative estimate of drug-likeness (QED) is 0.120. The second-order valence-corrected chi connectivity index (χ2v) is 14.2. The predicted octanol–water partition coefficient (Wildman–Crippen LogP) is 4.57. The molecular weight excluding hydrogens is 763 g/mol. The van der Waals surface area contributed by atoms with E-state index in [2.05, 4.69) is 10.1 Å². The van der Waals surface area contributed by atoms with Gasteiger partial charge in [-0.05, 0) is 37.3 Å². The molecule has 0 radical (unpaired) electrons. The summed E-state index contributed by atoms with van der Waals surface area (Å²) in [5, 5.41) is 20.8. The highest BCUT2D eigenvalue weighted by molar-refractivity contribution is 8.00. The Bertz CT molecular complexity index is 1980. The van der Waals surface area contributed by atoms with Gasteiger partial charge in [-0.3, -0.25) is 14.4 Å². The number of allylic oxidation sites excluding steroid dienone is 2. The Kier molecular flexibility index (Phi) is 14.2. The normalized spacial score (nSPS) is 18.8. The van der Waals surface area contributed by atoms with Crippen LogP contribution in [-0.4, -0.2) is 98.7 Å². The van der Waals surface area contributed by atoms with Crippen molar-refractivity contribution in [3.8, 4) is 6.07 Å². The summed E-state index contributed by atoms with van der Waals surface area (Å²) in [6.07, 6.45) is 6.10.